The summed E-state index contributed by atoms with van der Waals surface area (Å²) in [4.78, 5) is 7.97. The van der Waals surface area contributed by atoms with Gasteiger partial charge in [-0.25, -0.2) is 9.97 Å². The molecular formula is C10H13BrN2O2. The van der Waals surface area contributed by atoms with E-state index in [1.54, 1.807) is 6.07 Å². The third kappa shape index (κ3) is 3.43. The first-order valence-corrected chi connectivity index (χ1v) is 5.82. The molecule has 1 fully saturated rings. The Labute approximate surface area is 97.1 Å². The van der Waals surface area contributed by atoms with Crippen LogP contribution in [0.2, 0.25) is 0 Å². The van der Waals surface area contributed by atoms with Gasteiger partial charge in [-0.1, -0.05) is 0 Å². The Morgan fingerprint density at radius 3 is 2.93 bits per heavy atom. The monoisotopic (exact) mass is 272 g/mol. The molecule has 1 aromatic rings. The van der Waals surface area contributed by atoms with Crippen molar-refractivity contribution in [2.75, 3.05) is 19.8 Å². The van der Waals surface area contributed by atoms with Gasteiger partial charge in [0.1, 0.15) is 10.9 Å². The van der Waals surface area contributed by atoms with Gasteiger partial charge in [0, 0.05) is 19.3 Å². The van der Waals surface area contributed by atoms with Crippen LogP contribution in [-0.2, 0) is 4.74 Å². The highest BCUT2D eigenvalue weighted by molar-refractivity contribution is 9.10. The Balaban J connectivity index is 1.81. The molecule has 0 aliphatic carbocycles. The summed E-state index contributed by atoms with van der Waals surface area (Å²) in [6.45, 7) is 2.41. The lowest BCUT2D eigenvalue weighted by molar-refractivity contribution is 0.0490. The standard InChI is InChI=1S/C10H13BrN2O2/c11-9-5-10(13-7-12-9)15-6-8-1-3-14-4-2-8/h5,7-8H,1-4,6H2. The van der Waals surface area contributed by atoms with E-state index in [2.05, 4.69) is 25.9 Å². The zero-order chi connectivity index (χ0) is 10.5. The molecule has 1 saturated heterocycles. The zero-order valence-corrected chi connectivity index (χ0v) is 9.94. The quantitative estimate of drug-likeness (QED) is 0.790. The van der Waals surface area contributed by atoms with Crippen LogP contribution in [0.1, 0.15) is 12.8 Å². The normalized spacial score (nSPS) is 17.7. The van der Waals surface area contributed by atoms with Gasteiger partial charge < -0.3 is 9.47 Å². The Kier molecular flexibility index (Phi) is 3.91. The average molecular weight is 273 g/mol. The first-order chi connectivity index (χ1) is 7.34. The number of halogens is 1. The van der Waals surface area contributed by atoms with E-state index < -0.39 is 0 Å². The molecule has 0 bridgehead atoms. The molecule has 15 heavy (non-hydrogen) atoms. The van der Waals surface area contributed by atoms with E-state index in [4.69, 9.17) is 9.47 Å². The van der Waals surface area contributed by atoms with Crippen LogP contribution in [0.25, 0.3) is 0 Å². The van der Waals surface area contributed by atoms with Gasteiger partial charge in [-0.2, -0.15) is 0 Å². The molecule has 0 N–H and O–H groups in total. The Morgan fingerprint density at radius 1 is 1.40 bits per heavy atom. The van der Waals surface area contributed by atoms with E-state index in [0.29, 0.717) is 18.4 Å². The zero-order valence-electron chi connectivity index (χ0n) is 8.36. The summed E-state index contributed by atoms with van der Waals surface area (Å²) in [5.74, 6) is 1.22. The molecule has 0 aromatic carbocycles. The first kappa shape index (κ1) is 10.8. The third-order valence-electron chi connectivity index (χ3n) is 2.42. The van der Waals surface area contributed by atoms with Gasteiger partial charge in [-0.05, 0) is 34.7 Å². The minimum atomic E-state index is 0.590. The highest BCUT2D eigenvalue weighted by Gasteiger charge is 2.14. The maximum atomic E-state index is 5.59. The fourth-order valence-corrected chi connectivity index (χ4v) is 1.80. The van der Waals surface area contributed by atoms with E-state index in [1.807, 2.05) is 0 Å². The molecule has 2 heterocycles. The molecule has 82 valence electrons. The van der Waals surface area contributed by atoms with Gasteiger partial charge in [-0.15, -0.1) is 0 Å². The molecular weight excluding hydrogens is 260 g/mol. The molecule has 1 aromatic heterocycles. The molecule has 0 unspecified atom stereocenters. The van der Waals surface area contributed by atoms with Crippen LogP contribution < -0.4 is 4.74 Å². The second-order valence-corrected chi connectivity index (χ2v) is 4.36. The van der Waals surface area contributed by atoms with Crippen molar-refractivity contribution >= 4 is 15.9 Å². The van der Waals surface area contributed by atoms with Crippen LogP contribution in [0.5, 0.6) is 5.88 Å². The van der Waals surface area contributed by atoms with Gasteiger partial charge >= 0.3 is 0 Å². The van der Waals surface area contributed by atoms with Crippen LogP contribution in [0.4, 0.5) is 0 Å². The molecule has 0 saturated carbocycles. The third-order valence-corrected chi connectivity index (χ3v) is 2.85. The number of rotatable bonds is 3. The van der Waals surface area contributed by atoms with E-state index in [1.165, 1.54) is 6.33 Å². The number of nitrogens with zero attached hydrogens (tertiary/aromatic N) is 2. The summed E-state index contributed by atoms with van der Waals surface area (Å²) in [6.07, 6.45) is 3.64. The molecule has 5 heteroatoms. The lowest BCUT2D eigenvalue weighted by atomic mass is 10.0. The Hall–Kier alpha value is -0.680. The van der Waals surface area contributed by atoms with E-state index >= 15 is 0 Å². The summed E-state index contributed by atoms with van der Waals surface area (Å²) >= 11 is 3.28. The Morgan fingerprint density at radius 2 is 2.20 bits per heavy atom. The second-order valence-electron chi connectivity index (χ2n) is 3.55. The largest absolute Gasteiger partial charge is 0.477 e. The first-order valence-electron chi connectivity index (χ1n) is 5.02. The minimum absolute atomic E-state index is 0.590. The smallest absolute Gasteiger partial charge is 0.217 e. The molecule has 0 spiro atoms. The second kappa shape index (κ2) is 5.42. The van der Waals surface area contributed by atoms with Crippen molar-refractivity contribution in [1.29, 1.82) is 0 Å². The summed E-state index contributed by atoms with van der Waals surface area (Å²) in [7, 11) is 0. The predicted octanol–water partition coefficient (Wildman–Crippen LogP) is 2.04. The Bertz CT molecular complexity index is 316. The number of ether oxygens (including phenoxy) is 2. The molecule has 2 rings (SSSR count). The molecule has 0 atom stereocenters. The molecule has 0 amide bonds. The summed E-state index contributed by atoms with van der Waals surface area (Å²) in [6, 6.07) is 1.78. The van der Waals surface area contributed by atoms with E-state index in [0.717, 1.165) is 30.7 Å². The average Bonchev–Trinajstić information content (AvgIpc) is 2.28. The highest BCUT2D eigenvalue weighted by atomic mass is 79.9. The summed E-state index contributed by atoms with van der Waals surface area (Å²) in [5, 5.41) is 0. The van der Waals surface area contributed by atoms with Gasteiger partial charge in [0.05, 0.1) is 6.61 Å². The summed E-state index contributed by atoms with van der Waals surface area (Å²) in [5.41, 5.74) is 0. The van der Waals surface area contributed by atoms with Crippen molar-refractivity contribution in [1.82, 2.24) is 9.97 Å². The minimum Gasteiger partial charge on any atom is -0.477 e. The molecule has 1 aliphatic heterocycles. The number of aromatic nitrogens is 2. The molecule has 4 nitrogen and oxygen atoms in total. The van der Waals surface area contributed by atoms with Gasteiger partial charge in [0.15, 0.2) is 0 Å². The lowest BCUT2D eigenvalue weighted by Gasteiger charge is -2.21. The molecule has 0 radical (unpaired) electrons. The SMILES string of the molecule is Brc1cc(OCC2CCOCC2)ncn1. The van der Waals surface area contributed by atoms with Crippen molar-refractivity contribution in [3.63, 3.8) is 0 Å². The maximum absolute atomic E-state index is 5.59. The van der Waals surface area contributed by atoms with E-state index in [9.17, 15) is 0 Å². The van der Waals surface area contributed by atoms with Crippen molar-refractivity contribution in [2.45, 2.75) is 12.8 Å². The van der Waals surface area contributed by atoms with Gasteiger partial charge in [0.25, 0.3) is 0 Å². The van der Waals surface area contributed by atoms with E-state index in [-0.39, 0.29) is 0 Å². The van der Waals surface area contributed by atoms with Crippen LogP contribution >= 0.6 is 15.9 Å². The maximum Gasteiger partial charge on any atom is 0.217 e. The topological polar surface area (TPSA) is 44.2 Å². The van der Waals surface area contributed by atoms with Crippen molar-refractivity contribution < 1.29 is 9.47 Å². The fraction of sp³-hybridized carbons (Fsp3) is 0.600. The van der Waals surface area contributed by atoms with Crippen LogP contribution in [-0.4, -0.2) is 29.8 Å². The van der Waals surface area contributed by atoms with Crippen molar-refractivity contribution in [2.24, 2.45) is 5.92 Å². The lowest BCUT2D eigenvalue weighted by Crippen LogP contribution is -2.21. The molecule has 1 aliphatic rings. The number of hydrogen-bond acceptors (Lipinski definition) is 4. The van der Waals surface area contributed by atoms with Crippen LogP contribution in [0, 0.1) is 5.92 Å². The number of hydrogen-bond donors (Lipinski definition) is 0. The van der Waals surface area contributed by atoms with Crippen LogP contribution in [0.15, 0.2) is 17.0 Å². The van der Waals surface area contributed by atoms with Crippen LogP contribution in [0.3, 0.4) is 0 Å². The fourth-order valence-electron chi connectivity index (χ4n) is 1.51. The predicted molar refractivity (Wildman–Crippen MR) is 58.8 cm³/mol. The summed E-state index contributed by atoms with van der Waals surface area (Å²) < 4.78 is 11.6. The van der Waals surface area contributed by atoms with Crippen molar-refractivity contribution in [3.05, 3.63) is 17.0 Å². The van der Waals surface area contributed by atoms with Crippen molar-refractivity contribution in [3.8, 4) is 5.88 Å². The van der Waals surface area contributed by atoms with Gasteiger partial charge in [-0.3, -0.25) is 0 Å². The highest BCUT2D eigenvalue weighted by Crippen LogP contribution is 2.17. The van der Waals surface area contributed by atoms with Gasteiger partial charge in [0.2, 0.25) is 5.88 Å².